The van der Waals surface area contributed by atoms with Crippen LogP contribution in [0.15, 0.2) is 0 Å². The Kier molecular flexibility index (Phi) is 7.28. The fourth-order valence-electron chi connectivity index (χ4n) is 3.39. The van der Waals surface area contributed by atoms with Gasteiger partial charge in [0, 0.05) is 0 Å². The fourth-order valence-corrected chi connectivity index (χ4v) is 3.39. The molecule has 2 bridgehead atoms. The maximum Gasteiger partial charge on any atom is 0.435 e. The molecule has 0 radical (unpaired) electrons. The molecule has 1 N–H and O–H groups in total. The molecule has 0 aromatic carbocycles. The highest BCUT2D eigenvalue weighted by Gasteiger charge is 2.52. The molecule has 19 heavy (non-hydrogen) atoms. The third-order valence-electron chi connectivity index (χ3n) is 4.19. The summed E-state index contributed by atoms with van der Waals surface area (Å²) in [4.78, 5) is 0. The topological polar surface area (TPSA) is 54.4 Å². The van der Waals surface area contributed by atoms with Crippen molar-refractivity contribution in [3.05, 3.63) is 0 Å². The van der Waals surface area contributed by atoms with E-state index in [0.29, 0.717) is 17.3 Å². The summed E-state index contributed by atoms with van der Waals surface area (Å²) in [5.74, 6) is 1.93. The third kappa shape index (κ3) is 6.07. The van der Waals surface area contributed by atoms with Crippen molar-refractivity contribution < 1.29 is 30.0 Å². The van der Waals surface area contributed by atoms with Crippen LogP contribution in [0.2, 0.25) is 0 Å². The molecule has 3 nitrogen and oxygen atoms in total. The van der Waals surface area contributed by atoms with Crippen LogP contribution < -0.4 is 0 Å². The van der Waals surface area contributed by atoms with E-state index < -0.39 is 17.4 Å². The lowest BCUT2D eigenvalue weighted by molar-refractivity contribution is 0.209. The fraction of sp³-hybridized carbons (Fsp3) is 1.00. The molecule has 116 valence electrons. The first kappa shape index (κ1) is 18.6. The second kappa shape index (κ2) is 7.42. The Morgan fingerprint density at radius 3 is 1.79 bits per heavy atom. The summed E-state index contributed by atoms with van der Waals surface area (Å²) in [6.07, 6.45) is 3.80. The van der Waals surface area contributed by atoms with E-state index in [1.807, 2.05) is 0 Å². The normalized spacial score (nSPS) is 31.0. The molecule has 0 heterocycles. The van der Waals surface area contributed by atoms with Crippen molar-refractivity contribution in [2.45, 2.75) is 33.1 Å². The molecule has 2 aliphatic carbocycles. The smallest absolute Gasteiger partial charge is 0.260 e. The predicted octanol–water partition coefficient (Wildman–Crippen LogP) is 3.67. The average Bonchev–Trinajstić information content (AvgIpc) is 2.66. The van der Waals surface area contributed by atoms with Gasteiger partial charge in [-0.05, 0) is 42.4 Å². The number of hydrogen-bond acceptors (Lipinski definition) is 2. The summed E-state index contributed by atoms with van der Waals surface area (Å²) in [5.41, 5.74) is 0.455. The van der Waals surface area contributed by atoms with Crippen molar-refractivity contribution in [2.24, 2.45) is 23.2 Å². The van der Waals surface area contributed by atoms with Crippen LogP contribution >= 0.6 is 0 Å². The monoisotopic (exact) mass is 308 g/mol. The zero-order valence-electron chi connectivity index (χ0n) is 11.0. The molecule has 2 fully saturated rings. The minimum atomic E-state index is -5.17. The van der Waals surface area contributed by atoms with E-state index in [-0.39, 0.29) is 6.67 Å². The molecule has 2 rings (SSSR count). The van der Waals surface area contributed by atoms with Crippen LogP contribution in [0, 0.1) is 23.2 Å². The lowest BCUT2D eigenvalue weighted by Gasteiger charge is -2.25. The summed E-state index contributed by atoms with van der Waals surface area (Å²) in [6, 6.07) is 0. The molecule has 2 saturated carbocycles. The van der Waals surface area contributed by atoms with Gasteiger partial charge in [0.05, 0.1) is 6.67 Å². The summed E-state index contributed by atoms with van der Waals surface area (Å²) in [5, 5.41) is 0. The largest absolute Gasteiger partial charge is 0.435 e. The maximum atomic E-state index is 12.5. The lowest BCUT2D eigenvalue weighted by Crippen LogP contribution is -2.20. The van der Waals surface area contributed by atoms with Crippen LogP contribution in [0.3, 0.4) is 0 Å². The SMILES string of the molecule is CC1(C)C2CCC1C(CF)C2.FCF.O=S(=O)(O)F. The highest BCUT2D eigenvalue weighted by atomic mass is 32.3. The summed E-state index contributed by atoms with van der Waals surface area (Å²) in [7, 11) is -5.17. The number of hydrogen-bond donors (Lipinski definition) is 1. The highest BCUT2D eigenvalue weighted by molar-refractivity contribution is 7.80. The number of halogens is 4. The first-order valence-electron chi connectivity index (χ1n) is 5.92. The highest BCUT2D eigenvalue weighted by Crippen LogP contribution is 2.60. The zero-order valence-corrected chi connectivity index (χ0v) is 11.8. The Morgan fingerprint density at radius 1 is 1.21 bits per heavy atom. The molecule has 0 aromatic rings. The molecule has 0 aromatic heterocycles. The number of alkyl halides is 3. The summed E-state index contributed by atoms with van der Waals surface area (Å²) < 4.78 is 65.8. The van der Waals surface area contributed by atoms with E-state index >= 15 is 0 Å². The second-order valence-corrected chi connectivity index (χ2v) is 6.19. The molecular weight excluding hydrogens is 288 g/mol. The van der Waals surface area contributed by atoms with Gasteiger partial charge in [-0.2, -0.15) is 8.42 Å². The summed E-state index contributed by atoms with van der Waals surface area (Å²) >= 11 is 0. The van der Waals surface area contributed by atoms with Gasteiger partial charge in [-0.25, -0.2) is 8.78 Å². The van der Waals surface area contributed by atoms with Gasteiger partial charge < -0.3 is 0 Å². The van der Waals surface area contributed by atoms with Gasteiger partial charge in [0.2, 0.25) is 6.93 Å². The van der Waals surface area contributed by atoms with Gasteiger partial charge in [0.1, 0.15) is 0 Å². The van der Waals surface area contributed by atoms with Crippen molar-refractivity contribution >= 4 is 10.5 Å². The molecule has 3 unspecified atom stereocenters. The Hall–Kier alpha value is -0.370. The van der Waals surface area contributed by atoms with Crippen molar-refractivity contribution in [3.63, 3.8) is 0 Å². The quantitative estimate of drug-likeness (QED) is 0.457. The molecule has 2 aliphatic rings. The van der Waals surface area contributed by atoms with E-state index in [1.54, 1.807) is 0 Å². The average molecular weight is 308 g/mol. The van der Waals surface area contributed by atoms with Crippen LogP contribution in [0.1, 0.15) is 33.1 Å². The molecule has 0 aliphatic heterocycles. The Morgan fingerprint density at radius 2 is 1.63 bits per heavy atom. The molecule has 0 amide bonds. The van der Waals surface area contributed by atoms with Crippen LogP contribution in [0.25, 0.3) is 0 Å². The minimum Gasteiger partial charge on any atom is -0.260 e. The van der Waals surface area contributed by atoms with Gasteiger partial charge >= 0.3 is 10.5 Å². The molecule has 0 saturated heterocycles. The van der Waals surface area contributed by atoms with Crippen LogP contribution in [0.4, 0.5) is 17.1 Å². The Bertz CT molecular complexity index is 351. The molecule has 0 spiro atoms. The number of rotatable bonds is 1. The van der Waals surface area contributed by atoms with Gasteiger partial charge in [-0.3, -0.25) is 8.94 Å². The second-order valence-electron chi connectivity index (χ2n) is 5.37. The third-order valence-corrected chi connectivity index (χ3v) is 4.19. The van der Waals surface area contributed by atoms with E-state index in [9.17, 15) is 17.1 Å². The maximum absolute atomic E-state index is 12.5. The Labute approximate surface area is 111 Å². The van der Waals surface area contributed by atoms with Gasteiger partial charge in [-0.1, -0.05) is 17.7 Å². The van der Waals surface area contributed by atoms with Crippen LogP contribution in [-0.2, 0) is 10.5 Å². The summed E-state index contributed by atoms with van der Waals surface area (Å²) in [6.45, 7) is 2.82. The van der Waals surface area contributed by atoms with E-state index in [1.165, 1.54) is 12.8 Å². The molecule has 8 heteroatoms. The predicted molar refractivity (Wildman–Crippen MR) is 63.8 cm³/mol. The van der Waals surface area contributed by atoms with Crippen molar-refractivity contribution in [3.8, 4) is 0 Å². The molecule has 3 atom stereocenters. The van der Waals surface area contributed by atoms with Crippen LogP contribution in [-0.4, -0.2) is 26.6 Å². The van der Waals surface area contributed by atoms with E-state index in [0.717, 1.165) is 12.3 Å². The van der Waals surface area contributed by atoms with Crippen molar-refractivity contribution in [1.82, 2.24) is 0 Å². The first-order chi connectivity index (χ1) is 8.57. The molecular formula is C11H20F4O3S. The van der Waals surface area contributed by atoms with E-state index in [2.05, 4.69) is 13.8 Å². The first-order valence-corrected chi connectivity index (χ1v) is 7.26. The minimum absolute atomic E-state index is 0.0788. The van der Waals surface area contributed by atoms with Gasteiger partial charge in [0.15, 0.2) is 0 Å². The van der Waals surface area contributed by atoms with Crippen molar-refractivity contribution in [1.29, 1.82) is 0 Å². The standard InChI is InChI=1S/C10H17F.CH2F2.FHO3S/c1-10(2)8-3-4-9(10)7(5-8)6-11;2-1-3;1-5(2,3)4/h7-9H,3-6H2,1-2H3;1H2;(H,2,3,4). The van der Waals surface area contributed by atoms with Crippen molar-refractivity contribution in [2.75, 3.05) is 13.6 Å². The number of fused-ring (bicyclic) bond motifs is 2. The van der Waals surface area contributed by atoms with Gasteiger partial charge in [-0.15, -0.1) is 0 Å². The van der Waals surface area contributed by atoms with Gasteiger partial charge in [0.25, 0.3) is 0 Å². The zero-order chi connectivity index (χ0) is 15.3. The Balaban J connectivity index is 0.000000344. The van der Waals surface area contributed by atoms with E-state index in [4.69, 9.17) is 13.0 Å². The van der Waals surface area contributed by atoms with Crippen LogP contribution in [0.5, 0.6) is 0 Å². The lowest BCUT2D eigenvalue weighted by atomic mass is 9.80.